The number of fused-ring (bicyclic) bond motifs is 2. The van der Waals surface area contributed by atoms with Gasteiger partial charge in [0.1, 0.15) is 58.2 Å². The highest BCUT2D eigenvalue weighted by molar-refractivity contribution is 8.98. The van der Waals surface area contributed by atoms with E-state index in [1.54, 1.807) is 47.7 Å². The van der Waals surface area contributed by atoms with Crippen molar-refractivity contribution >= 4 is 104 Å². The van der Waals surface area contributed by atoms with Crippen LogP contribution in [0, 0.1) is 23.5 Å². The van der Waals surface area contributed by atoms with Gasteiger partial charge in [0, 0.05) is 57.9 Å². The monoisotopic (exact) mass is 1440 g/mol. The number of esters is 1. The number of aromatic nitrogens is 1. The van der Waals surface area contributed by atoms with E-state index in [0.717, 1.165) is 44.7 Å². The average molecular weight is 1440 g/mol. The minimum Gasteiger partial charge on any atom is -0.495 e. The lowest BCUT2D eigenvalue weighted by Gasteiger charge is -2.53. The molecule has 6 aromatic rings. The van der Waals surface area contributed by atoms with Crippen molar-refractivity contribution in [3.05, 3.63) is 184 Å². The van der Waals surface area contributed by atoms with Gasteiger partial charge in [0.2, 0.25) is 16.6 Å². The number of aryl methyl sites for hydroxylation is 2. The lowest BCUT2D eigenvalue weighted by atomic mass is 9.67. The Bertz CT molecular complexity index is 3610. The number of aliphatic hydroxyl groups excluding tert-OH is 2. The number of pyridine rings is 1. The van der Waals surface area contributed by atoms with Crippen LogP contribution < -0.4 is 40.9 Å². The number of halogens is 4. The van der Waals surface area contributed by atoms with Gasteiger partial charge < -0.3 is 58.8 Å². The topological polar surface area (TPSA) is 248 Å². The maximum absolute atomic E-state index is 14.8. The zero-order valence-corrected chi connectivity index (χ0v) is 59.9. The van der Waals surface area contributed by atoms with Crippen LogP contribution in [0.25, 0.3) is 0 Å². The first kappa shape index (κ1) is 78.2. The fourth-order valence-corrected chi connectivity index (χ4v) is 27.4. The first-order valence-electron chi connectivity index (χ1n) is 28.7. The number of nitrogens with two attached hydrogens (primary N) is 1. The number of amides is 1. The molecule has 9 rings (SSSR count). The Labute approximate surface area is 558 Å². The summed E-state index contributed by atoms with van der Waals surface area (Å²) in [6, 6.07) is 24.1. The van der Waals surface area contributed by atoms with Crippen LogP contribution in [0.3, 0.4) is 0 Å². The Morgan fingerprint density at radius 1 is 0.772 bits per heavy atom. The number of benzene rings is 4. The summed E-state index contributed by atoms with van der Waals surface area (Å²) in [5.74, 6) is -3.96. The summed E-state index contributed by atoms with van der Waals surface area (Å²) in [6.45, 7) is 3.64. The first-order chi connectivity index (χ1) is 43.4. The van der Waals surface area contributed by atoms with Gasteiger partial charge in [-0.3, -0.25) is 24.0 Å². The third kappa shape index (κ3) is 20.1. The van der Waals surface area contributed by atoms with E-state index in [0.29, 0.717) is 31.9 Å². The highest BCUT2D eigenvalue weighted by atomic mass is 35.5. The molecule has 2 aromatic heterocycles. The highest BCUT2D eigenvalue weighted by Gasteiger charge is 2.52. The molecule has 6 atom stereocenters. The molecule has 92 heavy (non-hydrogen) atoms. The van der Waals surface area contributed by atoms with Crippen LogP contribution in [0.4, 0.5) is 8.78 Å². The minimum atomic E-state index is -0.892. The van der Waals surface area contributed by atoms with E-state index in [4.69, 9.17) is 62.1 Å². The molecule has 1 amide bonds. The molecule has 29 heteroatoms. The van der Waals surface area contributed by atoms with Crippen molar-refractivity contribution in [1.82, 2.24) is 14.8 Å². The Morgan fingerprint density at radius 2 is 1.25 bits per heavy atom. The second-order valence-electron chi connectivity index (χ2n) is 21.8. The van der Waals surface area contributed by atoms with Crippen molar-refractivity contribution < 1.29 is 66.3 Å². The Hall–Kier alpha value is -4.45. The summed E-state index contributed by atoms with van der Waals surface area (Å²) < 4.78 is 62.7. The standard InChI is InChI=1S/C30H30ClFN2O6.C25H22ClFO7.C7H16N2O.CH4.H9P7/c1-33-17-30(12-19(13-30)15-35)34-14-21(22(36)10-8-20-9-11-23(39-2)24(31)25(20)32)27(37)28(26(34)29(33)38)40-16-18-6-4-3-5-7-18;1-3-32-25(30)24-23(33-13-15-7-5-4-6-8-15)22(29)17(14-34-24)18(28)11-9-16-10-12-19(31-2)20(26)21(16)27;1-9-5-7(8)2-6(3-7)4-10;;1-5-7(4)6(2)3/h3-7,9,11,14,19,35H,8,10,12-13,15-17H2,1-2H3;4-8,10,12,14H,3,9,11,13H2,1-2H3;6,9-10H,2-5,8H2,1H3;1H4;5H,1-4H2. The van der Waals surface area contributed by atoms with E-state index in [-0.39, 0.29) is 146 Å². The van der Waals surface area contributed by atoms with Crippen molar-refractivity contribution in [3.8, 4) is 23.0 Å². The maximum Gasteiger partial charge on any atom is 0.378 e. The molecule has 3 aliphatic rings. The van der Waals surface area contributed by atoms with Crippen LogP contribution in [0.2, 0.25) is 10.0 Å². The van der Waals surface area contributed by atoms with E-state index in [1.165, 1.54) is 44.7 Å². The highest BCUT2D eigenvalue weighted by Crippen LogP contribution is 2.92. The molecule has 5 N–H and O–H groups in total. The summed E-state index contributed by atoms with van der Waals surface area (Å²) in [5.41, 5.74) is 5.38. The predicted octanol–water partition coefficient (Wildman–Crippen LogP) is 12.8. The fraction of sp³-hybridized carbons (Fsp3) is 0.397. The van der Waals surface area contributed by atoms with Crippen molar-refractivity contribution in [2.24, 2.45) is 17.6 Å². The van der Waals surface area contributed by atoms with E-state index >= 15 is 0 Å². The molecule has 1 spiro atoms. The SMILES string of the molecule is C.CCOC(=O)c1occ(C(=O)CCc2ccc(OC)c(Cl)c2F)c(=O)c1OCc1ccccc1.CNCC1(N)CC(CO)C1.COc1ccc(CCC(=O)c2cn3c(c(OCc4ccccc4)c2=O)C(=O)N(C)CC32CC(CO)C2)c(F)c1Cl.PPP(P)P(P)P. The maximum atomic E-state index is 14.8. The number of ketones is 2. The summed E-state index contributed by atoms with van der Waals surface area (Å²) in [5, 5.41) is 21.1. The molecule has 6 unspecified atom stereocenters. The summed E-state index contributed by atoms with van der Waals surface area (Å²) in [7, 11) is 18.7. The largest absolute Gasteiger partial charge is 0.495 e. The van der Waals surface area contributed by atoms with Gasteiger partial charge in [-0.05, 0) is 113 Å². The number of Topliss-reactive ketones (excluding diaryl/α,β-unsaturated/α-hetero) is 2. The number of nitrogens with zero attached hydrogens (tertiary/aromatic N) is 2. The lowest BCUT2D eigenvalue weighted by Crippen LogP contribution is -2.60. The van der Waals surface area contributed by atoms with Crippen molar-refractivity contribution in [1.29, 1.82) is 0 Å². The molecular formula is C63H81Cl2F2N4O14P7. The third-order valence-corrected chi connectivity index (χ3v) is 46.5. The molecule has 1 aliphatic heterocycles. The van der Waals surface area contributed by atoms with Gasteiger partial charge in [0.05, 0.1) is 31.9 Å². The van der Waals surface area contributed by atoms with Crippen LogP contribution in [0.15, 0.2) is 111 Å². The number of hydrogen-bond donors (Lipinski definition) is 4. The first-order valence-corrected chi connectivity index (χ1v) is 41.3. The van der Waals surface area contributed by atoms with Gasteiger partial charge in [-0.2, -0.15) is 0 Å². The fourth-order valence-electron chi connectivity index (χ4n) is 10.7. The van der Waals surface area contributed by atoms with Crippen LogP contribution >= 0.6 is 80.8 Å². The molecule has 2 fully saturated rings. The number of carbonyl (C=O) groups excluding carboxylic acids is 4. The molecule has 0 radical (unpaired) electrons. The zero-order valence-electron chi connectivity index (χ0n) is 51.0. The number of nitrogens with one attached hydrogen (secondary N) is 1. The van der Waals surface area contributed by atoms with Crippen molar-refractivity contribution in [2.45, 2.75) is 90.0 Å². The number of likely N-dealkylation sites (N-methyl/N-ethyl adjacent to an activating group) is 2. The van der Waals surface area contributed by atoms with Crippen LogP contribution in [-0.4, -0.2) is 110 Å². The van der Waals surface area contributed by atoms with Crippen molar-refractivity contribution in [3.63, 3.8) is 0 Å². The van der Waals surface area contributed by atoms with Gasteiger partial charge in [0.15, 0.2) is 23.0 Å². The Morgan fingerprint density at radius 3 is 1.70 bits per heavy atom. The minimum absolute atomic E-state index is 0. The van der Waals surface area contributed by atoms with E-state index in [1.807, 2.05) is 43.4 Å². The molecule has 3 heterocycles. The van der Waals surface area contributed by atoms with Crippen LogP contribution in [0.5, 0.6) is 23.0 Å². The predicted molar refractivity (Wildman–Crippen MR) is 378 cm³/mol. The van der Waals surface area contributed by atoms with Gasteiger partial charge in [-0.25, -0.2) is 13.6 Å². The number of methoxy groups -OCH3 is 2. The second kappa shape index (κ2) is 37.2. The molecule has 0 bridgehead atoms. The van der Waals surface area contributed by atoms with Gasteiger partial charge >= 0.3 is 5.97 Å². The second-order valence-corrected chi connectivity index (χ2v) is 44.8. The normalized spacial score (nSPS) is 18.1. The van der Waals surface area contributed by atoms with Gasteiger partial charge in [-0.15, -0.1) is 35.7 Å². The van der Waals surface area contributed by atoms with E-state index in [2.05, 4.69) is 41.0 Å². The number of carbonyl (C=O) groups is 4. The van der Waals surface area contributed by atoms with Crippen LogP contribution in [-0.2, 0) is 36.3 Å². The molecular weight excluding hydrogens is 1360 g/mol. The van der Waals surface area contributed by atoms with Gasteiger partial charge in [-0.1, -0.05) is 111 Å². The van der Waals surface area contributed by atoms with E-state index < -0.39 is 57.1 Å². The molecule has 500 valence electrons. The number of rotatable bonds is 24. The molecule has 2 saturated carbocycles. The summed E-state index contributed by atoms with van der Waals surface area (Å²) in [4.78, 5) is 80.2. The number of aliphatic hydroxyl groups is 2. The molecule has 0 saturated heterocycles. The quantitative estimate of drug-likeness (QED) is 0.0250. The molecule has 2 aliphatic carbocycles. The summed E-state index contributed by atoms with van der Waals surface area (Å²) in [6.07, 6.45) is 5.05. The Balaban J connectivity index is 0.000000266. The summed E-state index contributed by atoms with van der Waals surface area (Å²) >= 11 is 12.0. The zero-order chi connectivity index (χ0) is 66.7. The lowest BCUT2D eigenvalue weighted by molar-refractivity contribution is -0.0105. The third-order valence-electron chi connectivity index (χ3n) is 15.3. The smallest absolute Gasteiger partial charge is 0.378 e. The van der Waals surface area contributed by atoms with E-state index in [9.17, 15) is 42.7 Å². The average Bonchev–Trinajstić information content (AvgIpc) is 0.713. The van der Waals surface area contributed by atoms with Crippen LogP contribution in [0.1, 0.15) is 117 Å². The molecule has 4 aromatic carbocycles. The Kier molecular flexibility index (Phi) is 31.6. The number of ether oxygens (including phenoxy) is 5. The van der Waals surface area contributed by atoms with Crippen molar-refractivity contribution in [2.75, 3.05) is 61.2 Å². The molecule has 18 nitrogen and oxygen atoms in total. The van der Waals surface area contributed by atoms with Gasteiger partial charge in [0.25, 0.3) is 11.7 Å². The number of hydrogen-bond acceptors (Lipinski definition) is 16.